The molecule has 1 aromatic heterocycles. The summed E-state index contributed by atoms with van der Waals surface area (Å²) < 4.78 is 18.1. The van der Waals surface area contributed by atoms with E-state index in [0.29, 0.717) is 11.4 Å². The van der Waals surface area contributed by atoms with Gasteiger partial charge in [0, 0.05) is 6.26 Å². The molecule has 7 heteroatoms. The van der Waals surface area contributed by atoms with Crippen molar-refractivity contribution in [2.75, 3.05) is 11.6 Å². The van der Waals surface area contributed by atoms with Crippen LogP contribution >= 0.6 is 0 Å². The summed E-state index contributed by atoms with van der Waals surface area (Å²) in [4.78, 5) is 11.9. The lowest BCUT2D eigenvalue weighted by Crippen LogP contribution is -2.27. The molecule has 0 spiro atoms. The molecule has 1 aliphatic heterocycles. The molecule has 1 amide bonds. The molecule has 3 unspecified atom stereocenters. The van der Waals surface area contributed by atoms with E-state index in [4.69, 9.17) is 4.74 Å². The maximum absolute atomic E-state index is 11.9. The summed E-state index contributed by atoms with van der Waals surface area (Å²) in [5, 5.41) is 6.83. The predicted octanol–water partition coefficient (Wildman–Crippen LogP) is 0.839. The summed E-state index contributed by atoms with van der Waals surface area (Å²) in [5.41, 5.74) is 1.22. The number of nitrogens with zero attached hydrogens (tertiary/aromatic N) is 2. The lowest BCUT2D eigenvalue weighted by molar-refractivity contribution is -0.126. The van der Waals surface area contributed by atoms with Crippen molar-refractivity contribution in [3.05, 3.63) is 11.9 Å². The van der Waals surface area contributed by atoms with Crippen molar-refractivity contribution in [1.82, 2.24) is 9.19 Å². The van der Waals surface area contributed by atoms with E-state index in [2.05, 4.69) is 10.4 Å². The van der Waals surface area contributed by atoms with Crippen molar-refractivity contribution in [1.29, 1.82) is 0 Å². The monoisotopic (exact) mass is 271 g/mol. The normalized spacial score (nSPS) is 25.1. The fourth-order valence-corrected chi connectivity index (χ4v) is 2.39. The largest absolute Gasteiger partial charge is 0.365 e. The predicted molar refractivity (Wildman–Crippen MR) is 68.6 cm³/mol. The zero-order chi connectivity index (χ0) is 13.3. The van der Waals surface area contributed by atoms with Gasteiger partial charge in [-0.05, 0) is 26.7 Å². The van der Waals surface area contributed by atoms with Gasteiger partial charge < -0.3 is 10.1 Å². The molecule has 2 rings (SSSR count). The SMILES string of the molecule is Cc1nn(S(C)=O)cc1NC(=O)C1CCC(C)O1. The average Bonchev–Trinajstić information content (AvgIpc) is 2.86. The molecule has 6 nitrogen and oxygen atoms in total. The molecule has 100 valence electrons. The molecule has 1 fully saturated rings. The Morgan fingerprint density at radius 3 is 2.83 bits per heavy atom. The quantitative estimate of drug-likeness (QED) is 0.884. The highest BCUT2D eigenvalue weighted by Crippen LogP contribution is 2.21. The number of hydrogen-bond donors (Lipinski definition) is 1. The summed E-state index contributed by atoms with van der Waals surface area (Å²) in [5.74, 6) is -0.163. The zero-order valence-corrected chi connectivity index (χ0v) is 11.5. The van der Waals surface area contributed by atoms with Crippen LogP contribution in [-0.4, -0.2) is 37.8 Å². The molecule has 1 aromatic rings. The third kappa shape index (κ3) is 2.78. The Hall–Kier alpha value is -1.21. The van der Waals surface area contributed by atoms with Crippen LogP contribution in [0.15, 0.2) is 6.20 Å². The first kappa shape index (κ1) is 13.2. The number of aryl methyl sites for hydroxylation is 1. The van der Waals surface area contributed by atoms with Crippen molar-refractivity contribution in [3.63, 3.8) is 0 Å². The summed E-state index contributed by atoms with van der Waals surface area (Å²) in [7, 11) is -1.22. The van der Waals surface area contributed by atoms with Gasteiger partial charge in [-0.15, -0.1) is 0 Å². The first-order valence-corrected chi connectivity index (χ1v) is 7.35. The smallest absolute Gasteiger partial charge is 0.253 e. The van der Waals surface area contributed by atoms with E-state index < -0.39 is 17.1 Å². The minimum atomic E-state index is -1.22. The van der Waals surface area contributed by atoms with E-state index in [1.807, 2.05) is 6.92 Å². The Morgan fingerprint density at radius 1 is 1.61 bits per heavy atom. The maximum atomic E-state index is 11.9. The Kier molecular flexibility index (Phi) is 3.82. The molecular weight excluding hydrogens is 254 g/mol. The molecule has 0 aromatic carbocycles. The number of ether oxygens (including phenoxy) is 1. The molecule has 3 atom stereocenters. The third-order valence-electron chi connectivity index (χ3n) is 2.92. The van der Waals surface area contributed by atoms with Crippen molar-refractivity contribution >= 4 is 22.6 Å². The first-order chi connectivity index (χ1) is 8.47. The van der Waals surface area contributed by atoms with Gasteiger partial charge in [-0.3, -0.25) is 4.79 Å². The number of rotatable bonds is 3. The first-order valence-electron chi connectivity index (χ1n) is 5.84. The lowest BCUT2D eigenvalue weighted by Gasteiger charge is -2.10. The molecule has 0 bridgehead atoms. The second-order valence-corrected chi connectivity index (χ2v) is 5.68. The van der Waals surface area contributed by atoms with Crippen LogP contribution in [0.1, 0.15) is 25.5 Å². The minimum absolute atomic E-state index is 0.132. The second-order valence-electron chi connectivity index (χ2n) is 4.46. The number of nitrogens with one attached hydrogen (secondary N) is 1. The van der Waals surface area contributed by atoms with Crippen LogP contribution in [0.2, 0.25) is 0 Å². The number of carbonyl (C=O) groups excluding carboxylic acids is 1. The van der Waals surface area contributed by atoms with Crippen LogP contribution in [0.25, 0.3) is 0 Å². The number of hydrogen-bond acceptors (Lipinski definition) is 4. The Labute approximate surface area is 108 Å². The average molecular weight is 271 g/mol. The minimum Gasteiger partial charge on any atom is -0.365 e. The Bertz CT molecular complexity index is 486. The van der Waals surface area contributed by atoms with Gasteiger partial charge in [0.15, 0.2) is 0 Å². The van der Waals surface area contributed by atoms with Gasteiger partial charge in [0.2, 0.25) is 0 Å². The molecule has 1 saturated heterocycles. The number of amides is 1. The van der Waals surface area contributed by atoms with Gasteiger partial charge in [0.25, 0.3) is 5.91 Å². The molecule has 0 radical (unpaired) electrons. The van der Waals surface area contributed by atoms with E-state index in [-0.39, 0.29) is 12.0 Å². The molecule has 1 N–H and O–H groups in total. The van der Waals surface area contributed by atoms with Crippen LogP contribution in [0, 0.1) is 6.92 Å². The summed E-state index contributed by atoms with van der Waals surface area (Å²) in [6, 6.07) is 0. The van der Waals surface area contributed by atoms with E-state index in [9.17, 15) is 9.00 Å². The molecule has 2 heterocycles. The maximum Gasteiger partial charge on any atom is 0.253 e. The fraction of sp³-hybridized carbons (Fsp3) is 0.636. The highest BCUT2D eigenvalue weighted by Gasteiger charge is 2.28. The number of aromatic nitrogens is 2. The van der Waals surface area contributed by atoms with Gasteiger partial charge in [-0.2, -0.15) is 9.19 Å². The van der Waals surface area contributed by atoms with Crippen LogP contribution < -0.4 is 5.32 Å². The van der Waals surface area contributed by atoms with Crippen molar-refractivity contribution in [2.45, 2.75) is 38.9 Å². The van der Waals surface area contributed by atoms with E-state index >= 15 is 0 Å². The van der Waals surface area contributed by atoms with E-state index in [1.54, 1.807) is 13.1 Å². The van der Waals surface area contributed by atoms with Crippen molar-refractivity contribution in [2.24, 2.45) is 0 Å². The molecule has 0 saturated carbocycles. The van der Waals surface area contributed by atoms with Gasteiger partial charge in [0.1, 0.15) is 17.1 Å². The summed E-state index contributed by atoms with van der Waals surface area (Å²) in [6.07, 6.45) is 4.47. The summed E-state index contributed by atoms with van der Waals surface area (Å²) in [6.45, 7) is 3.72. The van der Waals surface area contributed by atoms with Crippen LogP contribution in [0.5, 0.6) is 0 Å². The topological polar surface area (TPSA) is 73.2 Å². The van der Waals surface area contributed by atoms with Crippen LogP contribution in [0.4, 0.5) is 5.69 Å². The number of anilines is 1. The molecule has 1 aliphatic rings. The molecular formula is C11H17N3O3S. The Balaban J connectivity index is 2.05. The molecule has 18 heavy (non-hydrogen) atoms. The highest BCUT2D eigenvalue weighted by atomic mass is 32.2. The van der Waals surface area contributed by atoms with E-state index in [1.165, 1.54) is 10.3 Å². The van der Waals surface area contributed by atoms with Gasteiger partial charge in [-0.25, -0.2) is 4.21 Å². The van der Waals surface area contributed by atoms with Crippen molar-refractivity contribution in [3.8, 4) is 0 Å². The Morgan fingerprint density at radius 2 is 2.33 bits per heavy atom. The summed E-state index contributed by atoms with van der Waals surface area (Å²) >= 11 is 0. The number of carbonyl (C=O) groups is 1. The van der Waals surface area contributed by atoms with Gasteiger partial charge >= 0.3 is 0 Å². The van der Waals surface area contributed by atoms with Gasteiger partial charge in [-0.1, -0.05) is 0 Å². The second kappa shape index (κ2) is 5.19. The highest BCUT2D eigenvalue weighted by molar-refractivity contribution is 7.82. The van der Waals surface area contributed by atoms with Crippen LogP contribution in [0.3, 0.4) is 0 Å². The standard InChI is InChI=1S/C11H17N3O3S/c1-7-4-5-10(17-7)11(15)12-9-6-14(18(3)16)13-8(9)2/h6-7,10H,4-5H2,1-3H3,(H,12,15). The van der Waals surface area contributed by atoms with E-state index in [0.717, 1.165) is 12.8 Å². The van der Waals surface area contributed by atoms with Crippen LogP contribution in [-0.2, 0) is 20.5 Å². The molecule has 0 aliphatic carbocycles. The van der Waals surface area contributed by atoms with Crippen molar-refractivity contribution < 1.29 is 13.7 Å². The fourth-order valence-electron chi connectivity index (χ4n) is 1.90. The zero-order valence-electron chi connectivity index (χ0n) is 10.7. The lowest BCUT2D eigenvalue weighted by atomic mass is 10.2. The third-order valence-corrected chi connectivity index (χ3v) is 3.64. The van der Waals surface area contributed by atoms with Gasteiger partial charge in [0.05, 0.1) is 23.7 Å².